The second-order valence-electron chi connectivity index (χ2n) is 7.98. The van der Waals surface area contributed by atoms with Crippen LogP contribution in [-0.2, 0) is 14.8 Å². The maximum Gasteiger partial charge on any atom is 0.264 e. The van der Waals surface area contributed by atoms with Crippen LogP contribution in [-0.4, -0.2) is 41.1 Å². The summed E-state index contributed by atoms with van der Waals surface area (Å²) >= 11 is 0. The van der Waals surface area contributed by atoms with E-state index in [-0.39, 0.29) is 16.3 Å². The van der Waals surface area contributed by atoms with E-state index in [9.17, 15) is 17.6 Å². The number of nitrogens with one attached hydrogen (secondary N) is 2. The molecule has 1 saturated heterocycles. The van der Waals surface area contributed by atoms with Crippen molar-refractivity contribution in [3.05, 3.63) is 72.5 Å². The van der Waals surface area contributed by atoms with Crippen LogP contribution in [0.15, 0.2) is 71.6 Å². The number of sulfonamides is 1. The van der Waals surface area contributed by atoms with Crippen LogP contribution >= 0.6 is 0 Å². The molecule has 8 nitrogen and oxygen atoms in total. The summed E-state index contributed by atoms with van der Waals surface area (Å²) in [6, 6.07) is 17.0. The summed E-state index contributed by atoms with van der Waals surface area (Å²) in [5.74, 6) is -0.561. The number of amides is 1. The standard InChI is InChI=1S/C25H26FN3O5S/c1-33-20-11-8-18(9-12-20)28-35(31,32)24-16-19(10-13-22(24)29-14-4-5-15-29)27-25(30)17-34-23-7-3-2-6-21(23)26/h2-3,6-13,16,28H,4-5,14-15,17H2,1H3,(H,27,30). The molecule has 0 unspecified atom stereocenters. The lowest BCUT2D eigenvalue weighted by molar-refractivity contribution is -0.118. The Hall–Kier alpha value is -3.79. The van der Waals surface area contributed by atoms with Crippen LogP contribution in [0.3, 0.4) is 0 Å². The normalized spacial score (nSPS) is 13.4. The van der Waals surface area contributed by atoms with E-state index < -0.39 is 28.4 Å². The summed E-state index contributed by atoms with van der Waals surface area (Å²) in [6.07, 6.45) is 1.94. The van der Waals surface area contributed by atoms with Gasteiger partial charge in [-0.15, -0.1) is 0 Å². The van der Waals surface area contributed by atoms with Gasteiger partial charge in [0.15, 0.2) is 18.2 Å². The van der Waals surface area contributed by atoms with E-state index in [0.29, 0.717) is 17.1 Å². The van der Waals surface area contributed by atoms with Crippen molar-refractivity contribution < 1.29 is 27.1 Å². The van der Waals surface area contributed by atoms with Gasteiger partial charge in [-0.05, 0) is 67.4 Å². The Morgan fingerprint density at radius 3 is 2.37 bits per heavy atom. The van der Waals surface area contributed by atoms with Gasteiger partial charge < -0.3 is 19.7 Å². The summed E-state index contributed by atoms with van der Waals surface area (Å²) in [5, 5.41) is 2.63. The average Bonchev–Trinajstić information content (AvgIpc) is 3.39. The van der Waals surface area contributed by atoms with Gasteiger partial charge in [-0.3, -0.25) is 9.52 Å². The number of hydrogen-bond donors (Lipinski definition) is 2. The van der Waals surface area contributed by atoms with Gasteiger partial charge in [0.05, 0.1) is 12.8 Å². The van der Waals surface area contributed by atoms with Crippen LogP contribution in [0.4, 0.5) is 21.5 Å². The second kappa shape index (κ2) is 10.6. The Morgan fingerprint density at radius 1 is 1.00 bits per heavy atom. The molecule has 0 bridgehead atoms. The number of carbonyl (C=O) groups excluding carboxylic acids is 1. The molecule has 1 aliphatic heterocycles. The Morgan fingerprint density at radius 2 is 1.69 bits per heavy atom. The third-order valence-electron chi connectivity index (χ3n) is 5.52. The summed E-state index contributed by atoms with van der Waals surface area (Å²) in [4.78, 5) is 14.5. The lowest BCUT2D eigenvalue weighted by Gasteiger charge is -2.22. The van der Waals surface area contributed by atoms with Gasteiger partial charge in [-0.1, -0.05) is 12.1 Å². The predicted molar refractivity (Wildman–Crippen MR) is 132 cm³/mol. The quantitative estimate of drug-likeness (QED) is 0.457. The third-order valence-corrected chi connectivity index (χ3v) is 6.93. The van der Waals surface area contributed by atoms with Crippen molar-refractivity contribution in [1.82, 2.24) is 0 Å². The van der Waals surface area contributed by atoms with Crippen molar-refractivity contribution in [1.29, 1.82) is 0 Å². The molecule has 1 fully saturated rings. The number of hydrogen-bond acceptors (Lipinski definition) is 6. The smallest absolute Gasteiger partial charge is 0.264 e. The van der Waals surface area contributed by atoms with E-state index in [1.165, 1.54) is 31.4 Å². The molecule has 0 atom stereocenters. The molecule has 4 rings (SSSR count). The number of rotatable bonds is 9. The number of methoxy groups -OCH3 is 1. The lowest BCUT2D eigenvalue weighted by atomic mass is 10.2. The highest BCUT2D eigenvalue weighted by Gasteiger charge is 2.25. The van der Waals surface area contributed by atoms with Crippen LogP contribution in [0.25, 0.3) is 0 Å². The molecule has 0 spiro atoms. The third kappa shape index (κ3) is 6.02. The molecule has 2 N–H and O–H groups in total. The number of halogens is 1. The molecule has 0 saturated carbocycles. The van der Waals surface area contributed by atoms with Crippen molar-refractivity contribution in [2.24, 2.45) is 0 Å². The highest BCUT2D eigenvalue weighted by molar-refractivity contribution is 7.92. The van der Waals surface area contributed by atoms with E-state index >= 15 is 0 Å². The zero-order chi connectivity index (χ0) is 24.8. The Labute approximate surface area is 203 Å². The molecule has 0 aromatic heterocycles. The molecule has 35 heavy (non-hydrogen) atoms. The molecule has 0 radical (unpaired) electrons. The Balaban J connectivity index is 1.55. The first-order valence-electron chi connectivity index (χ1n) is 11.1. The Bertz CT molecular complexity index is 1290. The van der Waals surface area contributed by atoms with E-state index in [1.54, 1.807) is 42.5 Å². The van der Waals surface area contributed by atoms with E-state index in [0.717, 1.165) is 25.9 Å². The fraction of sp³-hybridized carbons (Fsp3) is 0.240. The van der Waals surface area contributed by atoms with Crippen LogP contribution in [0.2, 0.25) is 0 Å². The molecular formula is C25H26FN3O5S. The number of benzene rings is 3. The first kappa shape index (κ1) is 24.3. The largest absolute Gasteiger partial charge is 0.497 e. The first-order chi connectivity index (χ1) is 16.9. The average molecular weight is 500 g/mol. The van der Waals surface area contributed by atoms with Gasteiger partial charge in [0, 0.05) is 24.5 Å². The maximum absolute atomic E-state index is 13.7. The van der Waals surface area contributed by atoms with Crippen LogP contribution in [0.5, 0.6) is 11.5 Å². The van der Waals surface area contributed by atoms with Crippen molar-refractivity contribution in [2.75, 3.05) is 41.7 Å². The molecule has 184 valence electrons. The zero-order valence-corrected chi connectivity index (χ0v) is 20.0. The summed E-state index contributed by atoms with van der Waals surface area (Å²) in [7, 11) is -2.45. The summed E-state index contributed by atoms with van der Waals surface area (Å²) in [5.41, 5.74) is 1.22. The minimum Gasteiger partial charge on any atom is -0.497 e. The van der Waals surface area contributed by atoms with Gasteiger partial charge in [-0.25, -0.2) is 12.8 Å². The van der Waals surface area contributed by atoms with Crippen molar-refractivity contribution in [3.63, 3.8) is 0 Å². The first-order valence-corrected chi connectivity index (χ1v) is 12.6. The molecular weight excluding hydrogens is 473 g/mol. The van der Waals surface area contributed by atoms with Gasteiger partial charge in [-0.2, -0.15) is 0 Å². The number of carbonyl (C=O) groups is 1. The summed E-state index contributed by atoms with van der Waals surface area (Å²) < 4.78 is 53.4. The fourth-order valence-corrected chi connectivity index (χ4v) is 5.11. The second-order valence-corrected chi connectivity index (χ2v) is 9.63. The van der Waals surface area contributed by atoms with Crippen molar-refractivity contribution in [2.45, 2.75) is 17.7 Å². The summed E-state index contributed by atoms with van der Waals surface area (Å²) in [6.45, 7) is 1.06. The minimum absolute atomic E-state index is 0.0426. The van der Waals surface area contributed by atoms with Gasteiger partial charge in [0.1, 0.15) is 10.6 Å². The maximum atomic E-state index is 13.7. The SMILES string of the molecule is COc1ccc(NS(=O)(=O)c2cc(NC(=O)COc3ccccc3F)ccc2N2CCCC2)cc1. The number of para-hydroxylation sites is 1. The van der Waals surface area contributed by atoms with Gasteiger partial charge in [0.2, 0.25) is 0 Å². The lowest BCUT2D eigenvalue weighted by Crippen LogP contribution is -2.24. The molecule has 1 aliphatic rings. The van der Waals surface area contributed by atoms with Crippen molar-refractivity contribution >= 4 is 33.0 Å². The fourth-order valence-electron chi connectivity index (χ4n) is 3.80. The van der Waals surface area contributed by atoms with Crippen LogP contribution in [0.1, 0.15) is 12.8 Å². The molecule has 3 aromatic carbocycles. The molecule has 1 heterocycles. The van der Waals surface area contributed by atoms with Crippen LogP contribution < -0.4 is 24.4 Å². The predicted octanol–water partition coefficient (Wildman–Crippen LogP) is 4.25. The zero-order valence-electron chi connectivity index (χ0n) is 19.2. The number of nitrogens with zero attached hydrogens (tertiary/aromatic N) is 1. The van der Waals surface area contributed by atoms with Gasteiger partial charge >= 0.3 is 0 Å². The molecule has 1 amide bonds. The topological polar surface area (TPSA) is 97.0 Å². The van der Waals surface area contributed by atoms with E-state index in [2.05, 4.69) is 10.0 Å². The van der Waals surface area contributed by atoms with Gasteiger partial charge in [0.25, 0.3) is 15.9 Å². The monoisotopic (exact) mass is 499 g/mol. The highest BCUT2D eigenvalue weighted by Crippen LogP contribution is 2.32. The van der Waals surface area contributed by atoms with E-state index in [4.69, 9.17) is 9.47 Å². The van der Waals surface area contributed by atoms with Crippen molar-refractivity contribution in [3.8, 4) is 11.5 Å². The molecule has 0 aliphatic carbocycles. The molecule has 10 heteroatoms. The van der Waals surface area contributed by atoms with Crippen LogP contribution in [0, 0.1) is 5.82 Å². The Kier molecular flexibility index (Phi) is 7.40. The number of anilines is 3. The number of ether oxygens (including phenoxy) is 2. The molecule has 3 aromatic rings. The van der Waals surface area contributed by atoms with E-state index in [1.807, 2.05) is 4.90 Å². The minimum atomic E-state index is -3.98. The highest BCUT2D eigenvalue weighted by atomic mass is 32.2.